The van der Waals surface area contributed by atoms with E-state index in [0.29, 0.717) is 5.37 Å². The fourth-order valence-electron chi connectivity index (χ4n) is 1.90. The van der Waals surface area contributed by atoms with E-state index in [1.165, 1.54) is 19.3 Å². The van der Waals surface area contributed by atoms with Crippen molar-refractivity contribution in [1.82, 2.24) is 5.32 Å². The summed E-state index contributed by atoms with van der Waals surface area (Å²) in [5.74, 6) is 0.434. The number of aliphatic carboxylic acids is 1. The van der Waals surface area contributed by atoms with Gasteiger partial charge in [0.1, 0.15) is 6.04 Å². The van der Waals surface area contributed by atoms with Crippen LogP contribution in [0.25, 0.3) is 0 Å². The van der Waals surface area contributed by atoms with Crippen LogP contribution in [0.5, 0.6) is 0 Å². The number of carboxylic acids is 1. The molecule has 0 bridgehead atoms. The quantitative estimate of drug-likeness (QED) is 0.499. The lowest BCUT2D eigenvalue weighted by atomic mass is 10.1. The van der Waals surface area contributed by atoms with Crippen LogP contribution in [0.1, 0.15) is 51.9 Å². The molecule has 100 valence electrons. The van der Waals surface area contributed by atoms with Gasteiger partial charge in [0.25, 0.3) is 0 Å². The van der Waals surface area contributed by atoms with E-state index in [-0.39, 0.29) is 6.04 Å². The predicted molar refractivity (Wildman–Crippen MR) is 76.4 cm³/mol. The molecule has 1 aliphatic heterocycles. The van der Waals surface area contributed by atoms with Crippen molar-refractivity contribution in [2.45, 2.75) is 63.3 Å². The third kappa shape index (κ3) is 6.58. The molecular weight excluding hydrogens is 254 g/mol. The van der Waals surface area contributed by atoms with Gasteiger partial charge in [-0.1, -0.05) is 60.6 Å². The average molecular weight is 277 g/mol. The van der Waals surface area contributed by atoms with Crippen molar-refractivity contribution in [3.8, 4) is 0 Å². The molecule has 1 heterocycles. The van der Waals surface area contributed by atoms with E-state index >= 15 is 0 Å². The summed E-state index contributed by atoms with van der Waals surface area (Å²) in [5, 5.41) is 12.7. The van der Waals surface area contributed by atoms with E-state index in [4.69, 9.17) is 5.11 Å². The lowest BCUT2D eigenvalue weighted by molar-refractivity contribution is -0.139. The molecule has 0 spiro atoms. The summed E-state index contributed by atoms with van der Waals surface area (Å²) in [6.45, 7) is 2.19. The first kappa shape index (κ1) is 15.2. The SMILES string of the molecule is CCCCCCCC(NC1CCSS1)C(=O)O. The van der Waals surface area contributed by atoms with Gasteiger partial charge >= 0.3 is 5.97 Å². The molecule has 2 unspecified atom stereocenters. The topological polar surface area (TPSA) is 49.3 Å². The van der Waals surface area contributed by atoms with Crippen LogP contribution in [-0.2, 0) is 4.79 Å². The van der Waals surface area contributed by atoms with Gasteiger partial charge in [0.05, 0.1) is 5.37 Å². The van der Waals surface area contributed by atoms with Gasteiger partial charge in [-0.3, -0.25) is 10.1 Å². The minimum Gasteiger partial charge on any atom is -0.480 e. The number of carboxylic acid groups (broad SMARTS) is 1. The van der Waals surface area contributed by atoms with Crippen LogP contribution in [0.3, 0.4) is 0 Å². The Morgan fingerprint density at radius 1 is 1.41 bits per heavy atom. The molecule has 2 N–H and O–H groups in total. The van der Waals surface area contributed by atoms with Crippen molar-refractivity contribution >= 4 is 27.6 Å². The molecule has 0 amide bonds. The Balaban J connectivity index is 2.16. The van der Waals surface area contributed by atoms with E-state index in [1.807, 2.05) is 10.8 Å². The molecule has 0 aromatic rings. The maximum Gasteiger partial charge on any atom is 0.320 e. The molecule has 0 saturated carbocycles. The molecule has 0 aromatic heterocycles. The van der Waals surface area contributed by atoms with Crippen molar-refractivity contribution in [2.24, 2.45) is 0 Å². The summed E-state index contributed by atoms with van der Waals surface area (Å²) in [5.41, 5.74) is 0. The average Bonchev–Trinajstić information content (AvgIpc) is 2.79. The lowest BCUT2D eigenvalue weighted by Gasteiger charge is -2.18. The van der Waals surface area contributed by atoms with Gasteiger partial charge in [0.15, 0.2) is 0 Å². The normalized spacial score (nSPS) is 21.6. The summed E-state index contributed by atoms with van der Waals surface area (Å²) >= 11 is 0. The zero-order valence-corrected chi connectivity index (χ0v) is 12.1. The van der Waals surface area contributed by atoms with Crippen LogP contribution >= 0.6 is 21.6 Å². The number of nitrogens with one attached hydrogen (secondary N) is 1. The molecule has 1 saturated heterocycles. The zero-order valence-electron chi connectivity index (χ0n) is 10.5. The number of carbonyl (C=O) groups is 1. The molecule has 0 aromatic carbocycles. The van der Waals surface area contributed by atoms with E-state index in [2.05, 4.69) is 12.2 Å². The summed E-state index contributed by atoms with van der Waals surface area (Å²) < 4.78 is 0. The first-order valence-electron chi connectivity index (χ1n) is 6.51. The molecular formula is C12H23NO2S2. The van der Waals surface area contributed by atoms with Gasteiger partial charge in [-0.05, 0) is 12.8 Å². The largest absolute Gasteiger partial charge is 0.480 e. The Kier molecular flexibility index (Phi) is 8.14. The Morgan fingerprint density at radius 3 is 2.76 bits per heavy atom. The fourth-order valence-corrected chi connectivity index (χ4v) is 4.60. The molecule has 0 radical (unpaired) electrons. The fraction of sp³-hybridized carbons (Fsp3) is 0.917. The van der Waals surface area contributed by atoms with Gasteiger partial charge in [0, 0.05) is 5.75 Å². The monoisotopic (exact) mass is 277 g/mol. The minimum absolute atomic E-state index is 0.330. The van der Waals surface area contributed by atoms with E-state index in [1.54, 1.807) is 10.8 Å². The zero-order chi connectivity index (χ0) is 12.5. The highest BCUT2D eigenvalue weighted by Crippen LogP contribution is 2.36. The second kappa shape index (κ2) is 9.11. The first-order valence-corrected chi connectivity index (χ1v) is 8.89. The maximum atomic E-state index is 11.1. The van der Waals surface area contributed by atoms with Crippen molar-refractivity contribution in [1.29, 1.82) is 0 Å². The predicted octanol–water partition coefficient (Wildman–Crippen LogP) is 3.50. The van der Waals surface area contributed by atoms with Crippen molar-refractivity contribution in [3.05, 3.63) is 0 Å². The van der Waals surface area contributed by atoms with E-state index in [9.17, 15) is 4.79 Å². The molecule has 0 aliphatic carbocycles. The molecule has 3 nitrogen and oxygen atoms in total. The Morgan fingerprint density at radius 2 is 2.18 bits per heavy atom. The molecule has 17 heavy (non-hydrogen) atoms. The van der Waals surface area contributed by atoms with Gasteiger partial charge in [-0.15, -0.1) is 0 Å². The van der Waals surface area contributed by atoms with Gasteiger partial charge < -0.3 is 5.11 Å². The van der Waals surface area contributed by atoms with Gasteiger partial charge in [0.2, 0.25) is 0 Å². The Bertz CT molecular complexity index is 221. The standard InChI is InChI=1S/C12H23NO2S2/c1-2-3-4-5-6-7-10(12(14)15)13-11-8-9-16-17-11/h10-11,13H,2-9H2,1H3,(H,14,15). The highest BCUT2D eigenvalue weighted by molar-refractivity contribution is 8.77. The summed E-state index contributed by atoms with van der Waals surface area (Å²) in [4.78, 5) is 11.1. The van der Waals surface area contributed by atoms with E-state index < -0.39 is 5.97 Å². The van der Waals surface area contributed by atoms with Crippen LogP contribution in [0.2, 0.25) is 0 Å². The second-order valence-electron chi connectivity index (χ2n) is 4.46. The number of hydrogen-bond donors (Lipinski definition) is 2. The van der Waals surface area contributed by atoms with Crippen molar-refractivity contribution in [2.75, 3.05) is 5.75 Å². The van der Waals surface area contributed by atoms with Crippen LogP contribution in [0.15, 0.2) is 0 Å². The molecule has 1 rings (SSSR count). The molecule has 5 heteroatoms. The second-order valence-corrected chi connectivity index (χ2v) is 7.15. The number of hydrogen-bond acceptors (Lipinski definition) is 4. The molecule has 1 aliphatic rings. The molecule has 1 fully saturated rings. The number of unbranched alkanes of at least 4 members (excludes halogenated alkanes) is 4. The van der Waals surface area contributed by atoms with Crippen molar-refractivity contribution < 1.29 is 9.90 Å². The van der Waals surface area contributed by atoms with Crippen molar-refractivity contribution in [3.63, 3.8) is 0 Å². The Hall–Kier alpha value is 0.130. The van der Waals surface area contributed by atoms with Gasteiger partial charge in [-0.25, -0.2) is 0 Å². The van der Waals surface area contributed by atoms with Crippen LogP contribution in [0, 0.1) is 0 Å². The molecule has 2 atom stereocenters. The third-order valence-corrected chi connectivity index (χ3v) is 5.68. The Labute approximate surface area is 112 Å². The highest BCUT2D eigenvalue weighted by atomic mass is 33.1. The van der Waals surface area contributed by atoms with Crippen LogP contribution < -0.4 is 5.32 Å². The van der Waals surface area contributed by atoms with Crippen LogP contribution in [0.4, 0.5) is 0 Å². The lowest BCUT2D eigenvalue weighted by Crippen LogP contribution is -2.41. The smallest absolute Gasteiger partial charge is 0.320 e. The van der Waals surface area contributed by atoms with Crippen LogP contribution in [-0.4, -0.2) is 28.2 Å². The van der Waals surface area contributed by atoms with Gasteiger partial charge in [-0.2, -0.15) is 0 Å². The minimum atomic E-state index is -0.696. The maximum absolute atomic E-state index is 11.1. The first-order chi connectivity index (χ1) is 8.24. The third-order valence-electron chi connectivity index (χ3n) is 2.93. The summed E-state index contributed by atoms with van der Waals surface area (Å²) in [6, 6.07) is -0.354. The summed E-state index contributed by atoms with van der Waals surface area (Å²) in [6.07, 6.45) is 7.75. The van der Waals surface area contributed by atoms with E-state index in [0.717, 1.165) is 31.4 Å². The number of rotatable bonds is 9. The highest BCUT2D eigenvalue weighted by Gasteiger charge is 2.24. The summed E-state index contributed by atoms with van der Waals surface area (Å²) in [7, 11) is 3.61.